The molecule has 9 nitrogen and oxygen atoms in total. The highest BCUT2D eigenvalue weighted by molar-refractivity contribution is 7.98. The number of carbonyl (C=O) groups excluding carboxylic acids is 2. The summed E-state index contributed by atoms with van der Waals surface area (Å²) in [7, 11) is -2.67. The molecule has 0 unspecified atom stereocenters. The summed E-state index contributed by atoms with van der Waals surface area (Å²) in [6, 6.07) is 19.7. The van der Waals surface area contributed by atoms with Gasteiger partial charge in [-0.05, 0) is 79.6 Å². The van der Waals surface area contributed by atoms with Crippen LogP contribution in [-0.4, -0.2) is 64.2 Å². The van der Waals surface area contributed by atoms with Crippen molar-refractivity contribution in [2.75, 3.05) is 37.4 Å². The summed E-state index contributed by atoms with van der Waals surface area (Å²) in [5, 5.41) is 2.94. The molecule has 0 heterocycles. The third-order valence-electron chi connectivity index (χ3n) is 6.92. The molecule has 0 aliphatic rings. The van der Waals surface area contributed by atoms with E-state index >= 15 is 0 Å². The van der Waals surface area contributed by atoms with Gasteiger partial charge in [-0.2, -0.15) is 0 Å². The summed E-state index contributed by atoms with van der Waals surface area (Å²) >= 11 is 1.50. The van der Waals surface area contributed by atoms with Crippen LogP contribution >= 0.6 is 11.8 Å². The van der Waals surface area contributed by atoms with E-state index in [-0.39, 0.29) is 29.0 Å². The number of thioether (sulfide) groups is 1. The SMILES string of the molecule is CCOc1ccccc1N(CC(=O)N(Cc1cccc(OC)c1)[C@H](CC)C(=O)NCC(C)C)S(=O)(=O)c1ccc(SC)cc1. The first kappa shape index (κ1) is 34.8. The van der Waals surface area contributed by atoms with Gasteiger partial charge < -0.3 is 19.7 Å². The minimum atomic E-state index is -4.23. The molecular weight excluding hydrogens is 599 g/mol. The fourth-order valence-corrected chi connectivity index (χ4v) is 6.47. The first-order valence-corrected chi connectivity index (χ1v) is 17.3. The molecule has 0 aromatic heterocycles. The van der Waals surface area contributed by atoms with Crippen molar-refractivity contribution in [1.82, 2.24) is 10.2 Å². The van der Waals surface area contributed by atoms with Crippen molar-refractivity contribution < 1.29 is 27.5 Å². The lowest BCUT2D eigenvalue weighted by Crippen LogP contribution is -2.52. The molecule has 0 aliphatic heterocycles. The molecule has 3 rings (SSSR count). The molecule has 11 heteroatoms. The molecule has 3 aromatic carbocycles. The van der Waals surface area contributed by atoms with E-state index in [0.29, 0.717) is 31.1 Å². The van der Waals surface area contributed by atoms with Crippen molar-refractivity contribution in [3.05, 3.63) is 78.4 Å². The van der Waals surface area contributed by atoms with E-state index in [2.05, 4.69) is 5.32 Å². The first-order valence-electron chi connectivity index (χ1n) is 14.6. The summed E-state index contributed by atoms with van der Waals surface area (Å²) in [5.41, 5.74) is 0.972. The highest BCUT2D eigenvalue weighted by atomic mass is 32.2. The molecule has 0 fully saturated rings. The summed E-state index contributed by atoms with van der Waals surface area (Å²) < 4.78 is 40.7. The van der Waals surface area contributed by atoms with E-state index in [4.69, 9.17) is 9.47 Å². The number of hydrogen-bond acceptors (Lipinski definition) is 7. The Morgan fingerprint density at radius 2 is 1.68 bits per heavy atom. The number of ether oxygens (including phenoxy) is 2. The zero-order valence-electron chi connectivity index (χ0n) is 26.3. The number of rotatable bonds is 16. The number of carbonyl (C=O) groups is 2. The number of nitrogens with one attached hydrogen (secondary N) is 1. The van der Waals surface area contributed by atoms with Gasteiger partial charge in [-0.15, -0.1) is 11.8 Å². The van der Waals surface area contributed by atoms with E-state index in [1.165, 1.54) is 28.8 Å². The van der Waals surface area contributed by atoms with Crippen LogP contribution in [0.5, 0.6) is 11.5 Å². The van der Waals surface area contributed by atoms with Gasteiger partial charge >= 0.3 is 0 Å². The normalized spacial score (nSPS) is 12.0. The Morgan fingerprint density at radius 3 is 2.30 bits per heavy atom. The van der Waals surface area contributed by atoms with Gasteiger partial charge in [0.1, 0.15) is 24.1 Å². The summed E-state index contributed by atoms with van der Waals surface area (Å²) in [6.07, 6.45) is 2.24. The fraction of sp³-hybridized carbons (Fsp3) is 0.394. The number of benzene rings is 3. The van der Waals surface area contributed by atoms with E-state index in [9.17, 15) is 18.0 Å². The maximum absolute atomic E-state index is 14.3. The first-order chi connectivity index (χ1) is 21.0. The molecule has 0 aliphatic carbocycles. The minimum Gasteiger partial charge on any atom is -0.497 e. The molecular formula is C33H43N3O6S2. The van der Waals surface area contributed by atoms with Crippen LogP contribution in [0.15, 0.2) is 82.6 Å². The van der Waals surface area contributed by atoms with Crippen LogP contribution in [0, 0.1) is 5.92 Å². The molecule has 1 atom stereocenters. The van der Waals surface area contributed by atoms with Crippen LogP contribution in [0.4, 0.5) is 5.69 Å². The molecule has 44 heavy (non-hydrogen) atoms. The maximum atomic E-state index is 14.3. The van der Waals surface area contributed by atoms with Gasteiger partial charge in [-0.25, -0.2) is 8.42 Å². The largest absolute Gasteiger partial charge is 0.497 e. The zero-order valence-corrected chi connectivity index (χ0v) is 27.9. The molecule has 0 saturated heterocycles. The standard InChI is InChI=1S/C33H43N3O6S2/c1-7-29(33(38)34-21-24(3)4)35(22-25-12-11-13-26(20-25)41-5)32(37)23-36(30-14-9-10-15-31(30)42-8-2)44(39,40)28-18-16-27(43-6)17-19-28/h9-20,24,29H,7-8,21-23H2,1-6H3,(H,34,38)/t29-/m1/s1. The Kier molecular flexibility index (Phi) is 13.0. The third-order valence-corrected chi connectivity index (χ3v) is 9.44. The van der Waals surface area contributed by atoms with Gasteiger partial charge in [0, 0.05) is 18.0 Å². The lowest BCUT2D eigenvalue weighted by molar-refractivity contribution is -0.140. The lowest BCUT2D eigenvalue weighted by atomic mass is 10.1. The average Bonchev–Trinajstić information content (AvgIpc) is 3.03. The minimum absolute atomic E-state index is 0.0375. The Labute approximate surface area is 266 Å². The number of nitrogens with zero attached hydrogens (tertiary/aromatic N) is 2. The topological polar surface area (TPSA) is 105 Å². The van der Waals surface area contributed by atoms with Crippen molar-refractivity contribution in [3.8, 4) is 11.5 Å². The van der Waals surface area contributed by atoms with Crippen LogP contribution in [0.2, 0.25) is 0 Å². The Bertz CT molecular complexity index is 1500. The predicted octanol–water partition coefficient (Wildman–Crippen LogP) is 5.59. The van der Waals surface area contributed by atoms with Crippen LogP contribution in [0.1, 0.15) is 39.7 Å². The molecule has 0 saturated carbocycles. The Morgan fingerprint density at radius 1 is 0.977 bits per heavy atom. The van der Waals surface area contributed by atoms with Gasteiger partial charge in [-0.1, -0.05) is 45.0 Å². The molecule has 0 radical (unpaired) electrons. The summed E-state index contributed by atoms with van der Waals surface area (Å²) in [5.74, 6) is 0.320. The van der Waals surface area contributed by atoms with Gasteiger partial charge in [0.05, 0.1) is 24.3 Å². The molecule has 3 aromatic rings. The van der Waals surface area contributed by atoms with Crippen LogP contribution in [-0.2, 0) is 26.2 Å². The molecule has 0 spiro atoms. The zero-order chi connectivity index (χ0) is 32.3. The predicted molar refractivity (Wildman–Crippen MR) is 176 cm³/mol. The molecule has 1 N–H and O–H groups in total. The smallest absolute Gasteiger partial charge is 0.264 e. The summed E-state index contributed by atoms with van der Waals surface area (Å²) in [4.78, 5) is 30.2. The number of sulfonamides is 1. The maximum Gasteiger partial charge on any atom is 0.264 e. The van der Waals surface area contributed by atoms with Crippen LogP contribution in [0.25, 0.3) is 0 Å². The van der Waals surface area contributed by atoms with Crippen molar-refractivity contribution in [1.29, 1.82) is 0 Å². The fourth-order valence-electron chi connectivity index (χ4n) is 4.64. The van der Waals surface area contributed by atoms with Crippen molar-refractivity contribution >= 4 is 39.3 Å². The van der Waals surface area contributed by atoms with Crippen LogP contribution in [0.3, 0.4) is 0 Å². The second kappa shape index (κ2) is 16.4. The van der Waals surface area contributed by atoms with E-state index in [1.54, 1.807) is 62.6 Å². The molecule has 0 bridgehead atoms. The lowest BCUT2D eigenvalue weighted by Gasteiger charge is -2.33. The van der Waals surface area contributed by atoms with E-state index in [0.717, 1.165) is 14.8 Å². The number of amides is 2. The monoisotopic (exact) mass is 641 g/mol. The third kappa shape index (κ3) is 8.92. The van der Waals surface area contributed by atoms with Crippen molar-refractivity contribution in [3.63, 3.8) is 0 Å². The van der Waals surface area contributed by atoms with E-state index < -0.39 is 28.5 Å². The number of methoxy groups -OCH3 is 1. The second-order valence-electron chi connectivity index (χ2n) is 10.5. The van der Waals surface area contributed by atoms with Gasteiger partial charge in [-0.3, -0.25) is 13.9 Å². The molecule has 2 amide bonds. The van der Waals surface area contributed by atoms with E-state index in [1.807, 2.05) is 39.2 Å². The highest BCUT2D eigenvalue weighted by Crippen LogP contribution is 2.33. The quantitative estimate of drug-likeness (QED) is 0.203. The van der Waals surface area contributed by atoms with Crippen molar-refractivity contribution in [2.45, 2.75) is 56.5 Å². The second-order valence-corrected chi connectivity index (χ2v) is 13.3. The van der Waals surface area contributed by atoms with Crippen LogP contribution < -0.4 is 19.1 Å². The number of anilines is 1. The number of para-hydroxylation sites is 2. The van der Waals surface area contributed by atoms with Gasteiger partial charge in [0.15, 0.2) is 0 Å². The van der Waals surface area contributed by atoms with Gasteiger partial charge in [0.25, 0.3) is 10.0 Å². The Balaban J connectivity index is 2.11. The number of hydrogen-bond donors (Lipinski definition) is 1. The highest BCUT2D eigenvalue weighted by Gasteiger charge is 2.34. The van der Waals surface area contributed by atoms with Crippen molar-refractivity contribution in [2.24, 2.45) is 5.92 Å². The Hall–Kier alpha value is -3.70. The average molecular weight is 642 g/mol. The molecule has 238 valence electrons. The van der Waals surface area contributed by atoms with Gasteiger partial charge in [0.2, 0.25) is 11.8 Å². The summed E-state index contributed by atoms with van der Waals surface area (Å²) in [6.45, 7) is 7.90.